The quantitative estimate of drug-likeness (QED) is 0.566. The maximum absolute atomic E-state index is 11.5. The van der Waals surface area contributed by atoms with Gasteiger partial charge in [-0.05, 0) is 12.8 Å². The lowest BCUT2D eigenvalue weighted by molar-refractivity contribution is -0.140. The number of carbonyl (C=O) groups excluding carboxylic acids is 1. The van der Waals surface area contributed by atoms with Crippen LogP contribution in [-0.2, 0) is 9.53 Å². The Balaban J connectivity index is 4.02. The smallest absolute Gasteiger partial charge is 0.326 e. The standard InChI is InChI=1S/C12H22N2O4/c1-5-6-18-9(4)7-13-12(17)14-10(8(2)3)11(15)16/h5,8-10H,1,6-7H2,2-4H3,(H,15,16)(H2,13,14,17). The Morgan fingerprint density at radius 1 is 1.39 bits per heavy atom. The van der Waals surface area contributed by atoms with Gasteiger partial charge in [-0.2, -0.15) is 0 Å². The summed E-state index contributed by atoms with van der Waals surface area (Å²) in [4.78, 5) is 22.4. The number of amides is 2. The van der Waals surface area contributed by atoms with Crippen LogP contribution >= 0.6 is 0 Å². The summed E-state index contributed by atoms with van der Waals surface area (Å²) in [5.41, 5.74) is 0. The second kappa shape index (κ2) is 8.52. The lowest BCUT2D eigenvalue weighted by atomic mass is 10.1. The van der Waals surface area contributed by atoms with Crippen molar-refractivity contribution in [3.63, 3.8) is 0 Å². The highest BCUT2D eigenvalue weighted by molar-refractivity contribution is 5.82. The molecule has 3 N–H and O–H groups in total. The number of nitrogens with one attached hydrogen (secondary N) is 2. The third kappa shape index (κ3) is 6.90. The normalized spacial score (nSPS) is 13.8. The first-order chi connectivity index (χ1) is 8.38. The van der Waals surface area contributed by atoms with E-state index in [4.69, 9.17) is 9.84 Å². The van der Waals surface area contributed by atoms with Gasteiger partial charge in [-0.1, -0.05) is 19.9 Å². The lowest BCUT2D eigenvalue weighted by Gasteiger charge is -2.19. The van der Waals surface area contributed by atoms with Crippen LogP contribution in [0, 0.1) is 5.92 Å². The number of rotatable bonds is 8. The Bertz CT molecular complexity index is 292. The molecule has 2 atom stereocenters. The van der Waals surface area contributed by atoms with Crippen LogP contribution in [0.15, 0.2) is 12.7 Å². The molecule has 0 saturated heterocycles. The topological polar surface area (TPSA) is 87.7 Å². The maximum atomic E-state index is 11.5. The number of carboxylic acid groups (broad SMARTS) is 1. The van der Waals surface area contributed by atoms with E-state index in [1.54, 1.807) is 26.8 Å². The molecule has 0 aromatic rings. The van der Waals surface area contributed by atoms with Gasteiger partial charge in [0.15, 0.2) is 0 Å². The molecule has 2 amide bonds. The molecule has 0 spiro atoms. The highest BCUT2D eigenvalue weighted by Gasteiger charge is 2.23. The van der Waals surface area contributed by atoms with Crippen molar-refractivity contribution in [1.29, 1.82) is 0 Å². The second-order valence-corrected chi connectivity index (χ2v) is 4.35. The van der Waals surface area contributed by atoms with Crippen LogP contribution in [0.5, 0.6) is 0 Å². The zero-order chi connectivity index (χ0) is 14.1. The summed E-state index contributed by atoms with van der Waals surface area (Å²) in [7, 11) is 0. The van der Waals surface area contributed by atoms with E-state index in [0.717, 1.165) is 0 Å². The first kappa shape index (κ1) is 16.4. The van der Waals surface area contributed by atoms with Gasteiger partial charge in [0.1, 0.15) is 6.04 Å². The van der Waals surface area contributed by atoms with E-state index in [0.29, 0.717) is 13.2 Å². The van der Waals surface area contributed by atoms with Gasteiger partial charge in [0.05, 0.1) is 12.7 Å². The fourth-order valence-electron chi connectivity index (χ4n) is 1.23. The van der Waals surface area contributed by atoms with Crippen LogP contribution in [0.4, 0.5) is 4.79 Å². The van der Waals surface area contributed by atoms with Gasteiger partial charge in [0.2, 0.25) is 0 Å². The minimum absolute atomic E-state index is 0.156. The minimum atomic E-state index is -1.05. The molecular formula is C12H22N2O4. The van der Waals surface area contributed by atoms with Crippen LogP contribution in [0.1, 0.15) is 20.8 Å². The highest BCUT2D eigenvalue weighted by Crippen LogP contribution is 2.01. The fraction of sp³-hybridized carbons (Fsp3) is 0.667. The van der Waals surface area contributed by atoms with E-state index in [1.807, 2.05) is 0 Å². The minimum Gasteiger partial charge on any atom is -0.480 e. The van der Waals surface area contributed by atoms with Crippen LogP contribution in [-0.4, -0.2) is 42.4 Å². The summed E-state index contributed by atoms with van der Waals surface area (Å²) in [6, 6.07) is -1.40. The first-order valence-corrected chi connectivity index (χ1v) is 5.88. The van der Waals surface area contributed by atoms with Crippen molar-refractivity contribution in [3.05, 3.63) is 12.7 Å². The number of carbonyl (C=O) groups is 2. The monoisotopic (exact) mass is 258 g/mol. The average Bonchev–Trinajstić information content (AvgIpc) is 2.29. The molecule has 0 aromatic carbocycles. The van der Waals surface area contributed by atoms with Crippen LogP contribution in [0.3, 0.4) is 0 Å². The number of hydrogen-bond donors (Lipinski definition) is 3. The molecule has 0 radical (unpaired) electrons. The number of urea groups is 1. The predicted octanol–water partition coefficient (Wildman–Crippen LogP) is 0.986. The molecule has 0 aliphatic carbocycles. The second-order valence-electron chi connectivity index (χ2n) is 4.35. The van der Waals surface area contributed by atoms with E-state index < -0.39 is 18.0 Å². The molecule has 0 bridgehead atoms. The van der Waals surface area contributed by atoms with Crippen molar-refractivity contribution >= 4 is 12.0 Å². The molecule has 0 saturated carbocycles. The van der Waals surface area contributed by atoms with Crippen LogP contribution in [0.2, 0.25) is 0 Å². The molecular weight excluding hydrogens is 236 g/mol. The predicted molar refractivity (Wildman–Crippen MR) is 68.4 cm³/mol. The van der Waals surface area contributed by atoms with E-state index in [9.17, 15) is 9.59 Å². The summed E-state index contributed by atoms with van der Waals surface area (Å²) in [5.74, 6) is -1.22. The number of ether oxygens (including phenoxy) is 1. The third-order valence-corrected chi connectivity index (χ3v) is 2.27. The molecule has 0 fully saturated rings. The van der Waals surface area contributed by atoms with Crippen molar-refractivity contribution in [2.75, 3.05) is 13.2 Å². The molecule has 6 heteroatoms. The Morgan fingerprint density at radius 3 is 2.44 bits per heavy atom. The number of carboxylic acids is 1. The lowest BCUT2D eigenvalue weighted by Crippen LogP contribution is -2.49. The van der Waals surface area contributed by atoms with Crippen molar-refractivity contribution in [1.82, 2.24) is 10.6 Å². The van der Waals surface area contributed by atoms with Gasteiger partial charge < -0.3 is 20.5 Å². The molecule has 18 heavy (non-hydrogen) atoms. The molecule has 104 valence electrons. The van der Waals surface area contributed by atoms with E-state index >= 15 is 0 Å². The summed E-state index contributed by atoms with van der Waals surface area (Å²) < 4.78 is 5.26. The van der Waals surface area contributed by atoms with E-state index in [-0.39, 0.29) is 12.0 Å². The first-order valence-electron chi connectivity index (χ1n) is 5.88. The third-order valence-electron chi connectivity index (χ3n) is 2.27. The van der Waals surface area contributed by atoms with Crippen molar-refractivity contribution < 1.29 is 19.4 Å². The zero-order valence-corrected chi connectivity index (χ0v) is 11.1. The summed E-state index contributed by atoms with van der Waals surface area (Å²) >= 11 is 0. The maximum Gasteiger partial charge on any atom is 0.326 e. The van der Waals surface area contributed by atoms with Crippen molar-refractivity contribution in [3.8, 4) is 0 Å². The van der Waals surface area contributed by atoms with Gasteiger partial charge in [0.25, 0.3) is 0 Å². The Kier molecular flexibility index (Phi) is 7.78. The SMILES string of the molecule is C=CCOC(C)CNC(=O)NC(C(=O)O)C(C)C. The Morgan fingerprint density at radius 2 is 2.00 bits per heavy atom. The highest BCUT2D eigenvalue weighted by atomic mass is 16.5. The molecule has 0 aliphatic rings. The average molecular weight is 258 g/mol. The van der Waals surface area contributed by atoms with Gasteiger partial charge in [-0.25, -0.2) is 9.59 Å². The van der Waals surface area contributed by atoms with Crippen molar-refractivity contribution in [2.24, 2.45) is 5.92 Å². The molecule has 0 aliphatic heterocycles. The zero-order valence-electron chi connectivity index (χ0n) is 11.1. The Labute approximate surface area is 107 Å². The van der Waals surface area contributed by atoms with Gasteiger partial charge in [-0.15, -0.1) is 6.58 Å². The number of hydrogen-bond acceptors (Lipinski definition) is 3. The van der Waals surface area contributed by atoms with Crippen molar-refractivity contribution in [2.45, 2.75) is 32.9 Å². The van der Waals surface area contributed by atoms with Gasteiger partial charge >= 0.3 is 12.0 Å². The fourth-order valence-corrected chi connectivity index (χ4v) is 1.23. The summed E-state index contributed by atoms with van der Waals surface area (Å²) in [5, 5.41) is 13.9. The molecule has 0 heterocycles. The molecule has 0 rings (SSSR count). The van der Waals surface area contributed by atoms with E-state index in [1.165, 1.54) is 0 Å². The molecule has 2 unspecified atom stereocenters. The summed E-state index contributed by atoms with van der Waals surface area (Å²) in [6.07, 6.45) is 1.46. The molecule has 6 nitrogen and oxygen atoms in total. The number of aliphatic carboxylic acids is 1. The van der Waals surface area contributed by atoms with E-state index in [2.05, 4.69) is 17.2 Å². The van der Waals surface area contributed by atoms with Crippen LogP contribution < -0.4 is 10.6 Å². The summed E-state index contributed by atoms with van der Waals surface area (Å²) in [6.45, 7) is 9.51. The largest absolute Gasteiger partial charge is 0.480 e. The van der Waals surface area contributed by atoms with Gasteiger partial charge in [0, 0.05) is 6.54 Å². The van der Waals surface area contributed by atoms with Crippen LogP contribution in [0.25, 0.3) is 0 Å². The Hall–Kier alpha value is -1.56. The molecule has 0 aromatic heterocycles. The van der Waals surface area contributed by atoms with Gasteiger partial charge in [-0.3, -0.25) is 0 Å².